The van der Waals surface area contributed by atoms with E-state index in [-0.39, 0.29) is 17.5 Å². The summed E-state index contributed by atoms with van der Waals surface area (Å²) in [5, 5.41) is 6.27. The molecule has 0 saturated heterocycles. The van der Waals surface area contributed by atoms with Gasteiger partial charge in [-0.2, -0.15) is 0 Å². The lowest BCUT2D eigenvalue weighted by Crippen LogP contribution is -2.48. The Kier molecular flexibility index (Phi) is 4.52. The number of nitrogens with one attached hydrogen (secondary N) is 2. The third-order valence-corrected chi connectivity index (χ3v) is 2.77. The third kappa shape index (κ3) is 4.15. The highest BCUT2D eigenvalue weighted by Crippen LogP contribution is 2.19. The van der Waals surface area contributed by atoms with Gasteiger partial charge < -0.3 is 10.6 Å². The van der Waals surface area contributed by atoms with E-state index in [1.165, 1.54) is 0 Å². The number of carbonyl (C=O) groups excluding carboxylic acids is 1. The first-order valence-electron chi connectivity index (χ1n) is 6.35. The first-order valence-corrected chi connectivity index (χ1v) is 6.35. The van der Waals surface area contributed by atoms with E-state index in [9.17, 15) is 4.79 Å². The van der Waals surface area contributed by atoms with Crippen LogP contribution in [0.25, 0.3) is 0 Å². The van der Waals surface area contributed by atoms with Crippen LogP contribution in [-0.4, -0.2) is 17.5 Å². The van der Waals surface area contributed by atoms with Crippen molar-refractivity contribution in [3.05, 3.63) is 29.3 Å². The SMILES string of the molecule is Cc1cccc(C)c1NC(=O)C(C)NC(C)(C)C. The Morgan fingerprint density at radius 2 is 1.67 bits per heavy atom. The second-order valence-electron chi connectivity index (χ2n) is 5.87. The molecule has 0 aliphatic carbocycles. The van der Waals surface area contributed by atoms with Gasteiger partial charge in [-0.3, -0.25) is 4.79 Å². The zero-order chi connectivity index (χ0) is 13.9. The van der Waals surface area contributed by atoms with Crippen LogP contribution in [0.4, 0.5) is 5.69 Å². The molecular weight excluding hydrogens is 224 g/mol. The van der Waals surface area contributed by atoms with Gasteiger partial charge in [-0.15, -0.1) is 0 Å². The van der Waals surface area contributed by atoms with Crippen LogP contribution >= 0.6 is 0 Å². The Morgan fingerprint density at radius 1 is 1.17 bits per heavy atom. The molecular formula is C15H24N2O. The second-order valence-corrected chi connectivity index (χ2v) is 5.87. The van der Waals surface area contributed by atoms with Crippen LogP contribution < -0.4 is 10.6 Å². The largest absolute Gasteiger partial charge is 0.324 e. The molecule has 1 unspecified atom stereocenters. The molecule has 18 heavy (non-hydrogen) atoms. The minimum Gasteiger partial charge on any atom is -0.324 e. The van der Waals surface area contributed by atoms with Crippen molar-refractivity contribution in [3.63, 3.8) is 0 Å². The molecule has 2 N–H and O–H groups in total. The Hall–Kier alpha value is -1.35. The van der Waals surface area contributed by atoms with Crippen LogP contribution in [0.15, 0.2) is 18.2 Å². The first-order chi connectivity index (χ1) is 8.20. The normalized spacial score (nSPS) is 13.2. The maximum Gasteiger partial charge on any atom is 0.241 e. The van der Waals surface area contributed by atoms with E-state index in [2.05, 4.69) is 31.4 Å². The van der Waals surface area contributed by atoms with Gasteiger partial charge in [0.2, 0.25) is 5.91 Å². The minimum absolute atomic E-state index is 0.00215. The van der Waals surface area contributed by atoms with E-state index in [0.29, 0.717) is 0 Å². The smallest absolute Gasteiger partial charge is 0.241 e. The van der Waals surface area contributed by atoms with E-state index in [4.69, 9.17) is 0 Å². The molecule has 0 aliphatic rings. The summed E-state index contributed by atoms with van der Waals surface area (Å²) in [5.41, 5.74) is 3.03. The van der Waals surface area contributed by atoms with E-state index in [1.807, 2.05) is 39.0 Å². The van der Waals surface area contributed by atoms with Gasteiger partial charge in [0.1, 0.15) is 0 Å². The van der Waals surface area contributed by atoms with Crippen molar-refractivity contribution in [1.29, 1.82) is 0 Å². The quantitative estimate of drug-likeness (QED) is 0.863. The molecule has 0 aliphatic heterocycles. The highest BCUT2D eigenvalue weighted by molar-refractivity contribution is 5.95. The molecule has 0 radical (unpaired) electrons. The van der Waals surface area contributed by atoms with Crippen molar-refractivity contribution < 1.29 is 4.79 Å². The van der Waals surface area contributed by atoms with Gasteiger partial charge in [-0.05, 0) is 52.7 Å². The average molecular weight is 248 g/mol. The number of rotatable bonds is 3. The molecule has 1 atom stereocenters. The average Bonchev–Trinajstić information content (AvgIpc) is 2.21. The minimum atomic E-state index is -0.219. The number of carbonyl (C=O) groups is 1. The van der Waals surface area contributed by atoms with E-state index >= 15 is 0 Å². The molecule has 1 rings (SSSR count). The zero-order valence-corrected chi connectivity index (χ0v) is 12.2. The van der Waals surface area contributed by atoms with Gasteiger partial charge in [-0.1, -0.05) is 18.2 Å². The molecule has 100 valence electrons. The lowest BCUT2D eigenvalue weighted by atomic mass is 10.1. The van der Waals surface area contributed by atoms with Crippen molar-refractivity contribution in [2.75, 3.05) is 5.32 Å². The highest BCUT2D eigenvalue weighted by atomic mass is 16.2. The predicted octanol–water partition coefficient (Wildman–Crippen LogP) is 3.02. The van der Waals surface area contributed by atoms with Crippen molar-refractivity contribution in [1.82, 2.24) is 5.32 Å². The Balaban J connectivity index is 2.76. The number of hydrogen-bond acceptors (Lipinski definition) is 2. The molecule has 0 aromatic heterocycles. The van der Waals surface area contributed by atoms with E-state index in [1.54, 1.807) is 0 Å². The summed E-state index contributed by atoms with van der Waals surface area (Å²) in [6, 6.07) is 5.79. The summed E-state index contributed by atoms with van der Waals surface area (Å²) in [7, 11) is 0. The molecule has 0 bridgehead atoms. The van der Waals surface area contributed by atoms with Gasteiger partial charge in [0.25, 0.3) is 0 Å². The molecule has 1 aromatic carbocycles. The fraction of sp³-hybridized carbons (Fsp3) is 0.533. The fourth-order valence-electron chi connectivity index (χ4n) is 1.96. The molecule has 3 heteroatoms. The number of hydrogen-bond donors (Lipinski definition) is 2. The van der Waals surface area contributed by atoms with Gasteiger partial charge >= 0.3 is 0 Å². The van der Waals surface area contributed by atoms with Crippen molar-refractivity contribution >= 4 is 11.6 Å². The molecule has 0 saturated carbocycles. The number of anilines is 1. The van der Waals surface area contributed by atoms with Crippen molar-refractivity contribution in [2.45, 2.75) is 53.1 Å². The second kappa shape index (κ2) is 5.53. The zero-order valence-electron chi connectivity index (χ0n) is 12.2. The summed E-state index contributed by atoms with van der Waals surface area (Å²) >= 11 is 0. The summed E-state index contributed by atoms with van der Waals surface area (Å²) in [5.74, 6) is 0.00215. The lowest BCUT2D eigenvalue weighted by Gasteiger charge is -2.25. The van der Waals surface area contributed by atoms with Crippen LogP contribution in [0.2, 0.25) is 0 Å². The predicted molar refractivity (Wildman–Crippen MR) is 76.9 cm³/mol. The summed E-state index contributed by atoms with van der Waals surface area (Å²) in [6.45, 7) is 12.0. The Bertz CT molecular complexity index is 412. The number of amides is 1. The molecule has 0 spiro atoms. The van der Waals surface area contributed by atoms with Crippen molar-refractivity contribution in [3.8, 4) is 0 Å². The third-order valence-electron chi connectivity index (χ3n) is 2.77. The molecule has 0 heterocycles. The summed E-state index contributed by atoms with van der Waals surface area (Å²) in [6.07, 6.45) is 0. The molecule has 0 fully saturated rings. The summed E-state index contributed by atoms with van der Waals surface area (Å²) in [4.78, 5) is 12.1. The first kappa shape index (κ1) is 14.7. The van der Waals surface area contributed by atoms with Gasteiger partial charge in [0, 0.05) is 11.2 Å². The molecule has 1 aromatic rings. The monoisotopic (exact) mass is 248 g/mol. The maximum absolute atomic E-state index is 12.1. The number of benzene rings is 1. The van der Waals surface area contributed by atoms with Gasteiger partial charge in [0.15, 0.2) is 0 Å². The topological polar surface area (TPSA) is 41.1 Å². The Morgan fingerprint density at radius 3 is 2.11 bits per heavy atom. The standard InChI is InChI=1S/C15H24N2O/c1-10-8-7-9-11(2)13(10)16-14(18)12(3)17-15(4,5)6/h7-9,12,17H,1-6H3,(H,16,18). The fourth-order valence-corrected chi connectivity index (χ4v) is 1.96. The number of para-hydroxylation sites is 1. The number of aryl methyl sites for hydroxylation is 2. The van der Waals surface area contributed by atoms with E-state index in [0.717, 1.165) is 16.8 Å². The molecule has 1 amide bonds. The lowest BCUT2D eigenvalue weighted by molar-refractivity contribution is -0.118. The van der Waals surface area contributed by atoms with Crippen LogP contribution in [0, 0.1) is 13.8 Å². The van der Waals surface area contributed by atoms with Crippen LogP contribution in [0.1, 0.15) is 38.8 Å². The van der Waals surface area contributed by atoms with Crippen LogP contribution in [0.5, 0.6) is 0 Å². The van der Waals surface area contributed by atoms with Gasteiger partial charge in [-0.25, -0.2) is 0 Å². The highest BCUT2D eigenvalue weighted by Gasteiger charge is 2.20. The van der Waals surface area contributed by atoms with E-state index < -0.39 is 0 Å². The molecule has 3 nitrogen and oxygen atoms in total. The van der Waals surface area contributed by atoms with Crippen LogP contribution in [0.3, 0.4) is 0 Å². The van der Waals surface area contributed by atoms with Crippen LogP contribution in [-0.2, 0) is 4.79 Å². The maximum atomic E-state index is 12.1. The van der Waals surface area contributed by atoms with Gasteiger partial charge in [0.05, 0.1) is 6.04 Å². The summed E-state index contributed by atoms with van der Waals surface area (Å²) < 4.78 is 0. The van der Waals surface area contributed by atoms with Crippen molar-refractivity contribution in [2.24, 2.45) is 0 Å². The Labute approximate surface area is 110 Å².